The van der Waals surface area contributed by atoms with E-state index in [9.17, 15) is 0 Å². The third-order valence-corrected chi connectivity index (χ3v) is 7.69. The molecule has 2 heterocycles. The van der Waals surface area contributed by atoms with Crippen LogP contribution in [-0.4, -0.2) is 33.5 Å². The summed E-state index contributed by atoms with van der Waals surface area (Å²) in [7, 11) is 0. The van der Waals surface area contributed by atoms with Gasteiger partial charge in [-0.25, -0.2) is 0 Å². The fourth-order valence-corrected chi connectivity index (χ4v) is 5.37. The zero-order valence-electron chi connectivity index (χ0n) is 18.5. The van der Waals surface area contributed by atoms with Crippen LogP contribution in [0, 0.1) is 5.41 Å². The van der Waals surface area contributed by atoms with Crippen molar-refractivity contribution in [2.75, 3.05) is 18.5 Å². The Bertz CT molecular complexity index is 1080. The lowest BCUT2D eigenvalue weighted by Crippen LogP contribution is -2.47. The summed E-state index contributed by atoms with van der Waals surface area (Å²) in [6.07, 6.45) is 9.64. The van der Waals surface area contributed by atoms with Gasteiger partial charge in [-0.15, -0.1) is 5.10 Å². The molecule has 1 N–H and O–H groups in total. The fourth-order valence-electron chi connectivity index (χ4n) is 5.37. The Kier molecular flexibility index (Phi) is 4.69. The van der Waals surface area contributed by atoms with Crippen molar-refractivity contribution < 1.29 is 13.7 Å². The van der Waals surface area contributed by atoms with Crippen LogP contribution in [0.25, 0.3) is 11.5 Å². The second-order valence-electron chi connectivity index (χ2n) is 9.75. The highest BCUT2D eigenvalue weighted by Gasteiger charge is 2.52. The summed E-state index contributed by atoms with van der Waals surface area (Å²) in [5.74, 6) is 2.86. The van der Waals surface area contributed by atoms with Crippen molar-refractivity contribution in [3.63, 3.8) is 0 Å². The van der Waals surface area contributed by atoms with Gasteiger partial charge in [-0.3, -0.25) is 0 Å². The quantitative estimate of drug-likeness (QED) is 0.522. The molecule has 0 radical (unpaired) electrons. The molecular formula is C24H29N5O3. The number of nitrogens with one attached hydrogen (secondary N) is 1. The molecule has 0 amide bonds. The summed E-state index contributed by atoms with van der Waals surface area (Å²) < 4.78 is 16.6. The molecule has 4 aliphatic carbocycles. The van der Waals surface area contributed by atoms with Gasteiger partial charge in [-0.2, -0.15) is 4.98 Å². The first-order valence-electron chi connectivity index (χ1n) is 11.8. The van der Waals surface area contributed by atoms with Crippen molar-refractivity contribution in [1.82, 2.24) is 20.3 Å². The molecule has 32 heavy (non-hydrogen) atoms. The number of benzene rings is 1. The summed E-state index contributed by atoms with van der Waals surface area (Å²) in [4.78, 5) is 4.81. The minimum absolute atomic E-state index is 0.109. The van der Waals surface area contributed by atoms with E-state index in [0.717, 1.165) is 48.8 Å². The molecule has 4 fully saturated rings. The topological polar surface area (TPSA) is 99.1 Å². The van der Waals surface area contributed by atoms with Crippen molar-refractivity contribution >= 4 is 5.69 Å². The molecule has 2 aromatic heterocycles. The maximum atomic E-state index is 5.75. The Morgan fingerprint density at radius 1 is 1.09 bits per heavy atom. The van der Waals surface area contributed by atoms with Gasteiger partial charge in [0, 0.05) is 29.1 Å². The largest absolute Gasteiger partial charge is 0.449 e. The first-order chi connectivity index (χ1) is 15.7. The molecule has 0 spiro atoms. The molecule has 7 rings (SSSR count). The van der Waals surface area contributed by atoms with Crippen LogP contribution in [-0.2, 0) is 5.41 Å². The highest BCUT2D eigenvalue weighted by atomic mass is 16.6. The summed E-state index contributed by atoms with van der Waals surface area (Å²) in [5, 5.41) is 16.0. The number of anilines is 1. The number of hydrogen-bond acceptors (Lipinski definition) is 8. The summed E-state index contributed by atoms with van der Waals surface area (Å²) in [6, 6.07) is 8.14. The van der Waals surface area contributed by atoms with E-state index in [1.807, 2.05) is 19.1 Å². The average Bonchev–Trinajstić information content (AvgIpc) is 3.37. The van der Waals surface area contributed by atoms with E-state index in [4.69, 9.17) is 18.7 Å². The van der Waals surface area contributed by atoms with E-state index >= 15 is 0 Å². The molecule has 8 nitrogen and oxygen atoms in total. The number of hydrogen-bond donors (Lipinski definition) is 1. The van der Waals surface area contributed by atoms with E-state index in [1.165, 1.54) is 32.1 Å². The first kappa shape index (κ1) is 19.8. The van der Waals surface area contributed by atoms with Crippen LogP contribution in [0.5, 0.6) is 6.08 Å². The van der Waals surface area contributed by atoms with Gasteiger partial charge in [-0.05, 0) is 81.9 Å². The van der Waals surface area contributed by atoms with Gasteiger partial charge < -0.3 is 19.0 Å². The summed E-state index contributed by atoms with van der Waals surface area (Å²) >= 11 is 0. The number of aromatic nitrogens is 4. The summed E-state index contributed by atoms with van der Waals surface area (Å²) in [6.45, 7) is 3.36. The van der Waals surface area contributed by atoms with Crippen LogP contribution in [0.2, 0.25) is 0 Å². The fraction of sp³-hybridized carbons (Fsp3) is 0.583. The van der Waals surface area contributed by atoms with E-state index in [-0.39, 0.29) is 11.5 Å². The maximum Gasteiger partial charge on any atom is 0.414 e. The van der Waals surface area contributed by atoms with Crippen molar-refractivity contribution in [3.8, 4) is 17.5 Å². The van der Waals surface area contributed by atoms with Gasteiger partial charge in [0.15, 0.2) is 5.82 Å². The number of rotatable bonds is 8. The van der Waals surface area contributed by atoms with Gasteiger partial charge in [0.05, 0.1) is 6.61 Å². The van der Waals surface area contributed by atoms with Crippen LogP contribution < -0.4 is 10.1 Å². The first-order valence-corrected chi connectivity index (χ1v) is 11.8. The van der Waals surface area contributed by atoms with Crippen molar-refractivity contribution in [1.29, 1.82) is 0 Å². The Balaban J connectivity index is 1.10. The van der Waals surface area contributed by atoms with Gasteiger partial charge >= 0.3 is 6.08 Å². The minimum Gasteiger partial charge on any atom is -0.449 e. The molecule has 3 aromatic rings. The highest BCUT2D eigenvalue weighted by Crippen LogP contribution is 2.57. The van der Waals surface area contributed by atoms with Gasteiger partial charge in [0.2, 0.25) is 5.89 Å². The monoisotopic (exact) mass is 435 g/mol. The van der Waals surface area contributed by atoms with Crippen molar-refractivity contribution in [2.45, 2.75) is 69.6 Å². The maximum absolute atomic E-state index is 5.75. The second-order valence-corrected chi connectivity index (χ2v) is 9.75. The Morgan fingerprint density at radius 2 is 1.91 bits per heavy atom. The highest BCUT2D eigenvalue weighted by molar-refractivity contribution is 5.61. The zero-order valence-corrected chi connectivity index (χ0v) is 18.5. The molecule has 0 unspecified atom stereocenters. The molecule has 8 heteroatoms. The van der Waals surface area contributed by atoms with Crippen LogP contribution in [0.1, 0.15) is 75.9 Å². The molecular weight excluding hydrogens is 406 g/mol. The molecule has 4 aliphatic rings. The predicted octanol–water partition coefficient (Wildman–Crippen LogP) is 5.10. The molecule has 0 saturated heterocycles. The Morgan fingerprint density at radius 3 is 2.66 bits per heavy atom. The Hall–Kier alpha value is -2.90. The van der Waals surface area contributed by atoms with Gasteiger partial charge in [-0.1, -0.05) is 16.3 Å². The molecule has 0 aliphatic heterocycles. The number of ether oxygens (including phenoxy) is 1. The average molecular weight is 436 g/mol. The predicted molar refractivity (Wildman–Crippen MR) is 117 cm³/mol. The third-order valence-electron chi connectivity index (χ3n) is 7.69. The lowest BCUT2D eigenvalue weighted by molar-refractivity contribution is 0.0322. The van der Waals surface area contributed by atoms with Crippen LogP contribution in [0.4, 0.5) is 5.69 Å². The molecule has 4 saturated carbocycles. The SMILES string of the molecule is CCOc1nnc(-c2cccc(NCC34CCC(c5nc(C6CC6)no5)(CC3)CC4)c2)o1. The third kappa shape index (κ3) is 3.55. The van der Waals surface area contributed by atoms with E-state index < -0.39 is 0 Å². The molecule has 1 aromatic carbocycles. The van der Waals surface area contributed by atoms with E-state index in [0.29, 0.717) is 23.8 Å². The van der Waals surface area contributed by atoms with Gasteiger partial charge in [0.1, 0.15) is 0 Å². The normalized spacial score (nSPS) is 26.9. The van der Waals surface area contributed by atoms with Crippen molar-refractivity contribution in [3.05, 3.63) is 36.0 Å². The lowest BCUT2D eigenvalue weighted by atomic mass is 9.53. The van der Waals surface area contributed by atoms with Gasteiger partial charge in [0.25, 0.3) is 5.89 Å². The second kappa shape index (κ2) is 7.60. The lowest BCUT2D eigenvalue weighted by Gasteiger charge is -2.52. The van der Waals surface area contributed by atoms with E-state index in [1.54, 1.807) is 0 Å². The standard InChI is InChI=1S/C24H29N5O3/c1-2-30-22-28-27-20(31-22)17-4-3-5-18(14-17)25-15-23-8-11-24(12-9-23,13-10-23)21-26-19(29-32-21)16-6-7-16/h3-5,14,16,25H,2,6-13,15H2,1H3. The molecule has 168 valence electrons. The van der Waals surface area contributed by atoms with Crippen molar-refractivity contribution in [2.24, 2.45) is 5.41 Å². The number of fused-ring (bicyclic) bond motifs is 3. The number of nitrogens with zero attached hydrogens (tertiary/aromatic N) is 4. The zero-order chi connectivity index (χ0) is 21.6. The van der Waals surface area contributed by atoms with Crippen LogP contribution in [0.3, 0.4) is 0 Å². The minimum atomic E-state index is 0.109. The molecule has 2 bridgehead atoms. The van der Waals surface area contributed by atoms with Crippen LogP contribution >= 0.6 is 0 Å². The molecule has 0 atom stereocenters. The smallest absolute Gasteiger partial charge is 0.414 e. The van der Waals surface area contributed by atoms with E-state index in [2.05, 4.69) is 32.8 Å². The summed E-state index contributed by atoms with van der Waals surface area (Å²) in [5.41, 5.74) is 2.41. The Labute approximate surface area is 187 Å². The van der Waals surface area contributed by atoms with Crippen LogP contribution in [0.15, 0.2) is 33.2 Å².